The van der Waals surface area contributed by atoms with Crippen molar-refractivity contribution < 1.29 is 9.90 Å². The highest BCUT2D eigenvalue weighted by Crippen LogP contribution is 2.44. The first-order valence-electron chi connectivity index (χ1n) is 9.11. The van der Waals surface area contributed by atoms with Crippen LogP contribution in [0, 0.1) is 0 Å². The molecule has 3 aromatic heterocycles. The molecule has 0 unspecified atom stereocenters. The Kier molecular flexibility index (Phi) is 5.92. The highest BCUT2D eigenvalue weighted by atomic mass is 79.9. The van der Waals surface area contributed by atoms with Crippen LogP contribution in [0.2, 0.25) is 0 Å². The first kappa shape index (κ1) is 20.1. The van der Waals surface area contributed by atoms with Gasteiger partial charge in [-0.25, -0.2) is 4.99 Å². The molecular weight excluding hydrogens is 524 g/mol. The summed E-state index contributed by atoms with van der Waals surface area (Å²) in [5.74, 6) is -0.142. The summed E-state index contributed by atoms with van der Waals surface area (Å²) in [6.07, 6.45) is 4.37. The molecule has 4 rings (SSSR count). The normalized spacial score (nSPS) is 13.2. The van der Waals surface area contributed by atoms with Crippen molar-refractivity contribution in [2.24, 2.45) is 4.99 Å². The van der Waals surface area contributed by atoms with Gasteiger partial charge in [0.2, 0.25) is 5.88 Å². The van der Waals surface area contributed by atoms with Crippen molar-refractivity contribution in [1.82, 2.24) is 4.57 Å². The average molecular weight is 542 g/mol. The second-order valence-corrected chi connectivity index (χ2v) is 11.5. The van der Waals surface area contributed by atoms with Gasteiger partial charge >= 0.3 is 0 Å². The lowest BCUT2D eigenvalue weighted by Gasteiger charge is -2.11. The molecule has 0 fully saturated rings. The van der Waals surface area contributed by atoms with Gasteiger partial charge in [0, 0.05) is 6.54 Å². The molecule has 1 N–H and O–H groups in total. The fraction of sp³-hybridized carbons (Fsp3) is 0.300. The molecule has 0 spiro atoms. The minimum Gasteiger partial charge on any atom is -0.494 e. The molecule has 1 aliphatic heterocycles. The SMILES string of the molecule is CCCCCCn1c(O)c2c(c1-c1ccc(Br)s1)C(=O)N=C2c1ccc(Br)s1. The van der Waals surface area contributed by atoms with Gasteiger partial charge in [0.05, 0.1) is 39.9 Å². The van der Waals surface area contributed by atoms with Gasteiger partial charge in [0.15, 0.2) is 0 Å². The second kappa shape index (κ2) is 8.26. The Morgan fingerprint density at radius 3 is 2.29 bits per heavy atom. The maximum atomic E-state index is 12.9. The number of nitrogens with zero attached hydrogens (tertiary/aromatic N) is 2. The number of aromatic hydroxyl groups is 1. The summed E-state index contributed by atoms with van der Waals surface area (Å²) < 4.78 is 3.85. The van der Waals surface area contributed by atoms with E-state index in [4.69, 9.17) is 0 Å². The molecule has 3 aromatic rings. The molecule has 0 saturated carbocycles. The van der Waals surface area contributed by atoms with Gasteiger partial charge in [-0.15, -0.1) is 22.7 Å². The van der Waals surface area contributed by atoms with Crippen LogP contribution in [-0.4, -0.2) is 21.3 Å². The van der Waals surface area contributed by atoms with E-state index in [1.165, 1.54) is 11.3 Å². The maximum absolute atomic E-state index is 12.9. The standard InChI is InChI=1S/C20H18Br2N2O2S2/c1-2-3-4-5-10-24-18(12-7-9-14(22)28-12)16-15(20(24)26)17(23-19(16)25)11-6-8-13(21)27-11/h6-9,26H,2-5,10H2,1H3. The van der Waals surface area contributed by atoms with Crippen LogP contribution in [0.1, 0.15) is 53.4 Å². The number of hydrogen-bond donors (Lipinski definition) is 1. The molecule has 0 atom stereocenters. The summed E-state index contributed by atoms with van der Waals surface area (Å²) in [7, 11) is 0. The Morgan fingerprint density at radius 2 is 1.68 bits per heavy atom. The number of amides is 1. The fourth-order valence-corrected chi connectivity index (χ4v) is 6.31. The molecule has 1 amide bonds. The fourth-order valence-electron chi connectivity index (χ4n) is 3.48. The average Bonchev–Trinajstić information content (AvgIpc) is 3.40. The summed E-state index contributed by atoms with van der Waals surface area (Å²) in [5.41, 5.74) is 2.42. The molecule has 4 heterocycles. The smallest absolute Gasteiger partial charge is 0.280 e. The van der Waals surface area contributed by atoms with Crippen molar-refractivity contribution >= 4 is 66.2 Å². The topological polar surface area (TPSA) is 54.6 Å². The Bertz CT molecular complexity index is 1080. The van der Waals surface area contributed by atoms with Crippen molar-refractivity contribution in [3.63, 3.8) is 0 Å². The summed E-state index contributed by atoms with van der Waals surface area (Å²) in [5, 5.41) is 11.1. The van der Waals surface area contributed by atoms with Crippen molar-refractivity contribution in [2.75, 3.05) is 0 Å². The van der Waals surface area contributed by atoms with Crippen LogP contribution in [0.5, 0.6) is 5.88 Å². The first-order valence-corrected chi connectivity index (χ1v) is 12.3. The van der Waals surface area contributed by atoms with Crippen LogP contribution in [0.25, 0.3) is 10.6 Å². The Labute approximate surface area is 188 Å². The minimum atomic E-state index is -0.281. The van der Waals surface area contributed by atoms with E-state index >= 15 is 0 Å². The van der Waals surface area contributed by atoms with E-state index in [9.17, 15) is 9.90 Å². The maximum Gasteiger partial charge on any atom is 0.280 e. The summed E-state index contributed by atoms with van der Waals surface area (Å²) in [6.45, 7) is 2.86. The molecule has 146 valence electrons. The Hall–Kier alpha value is -1.22. The quantitative estimate of drug-likeness (QED) is 0.325. The third kappa shape index (κ3) is 3.56. The number of aromatic nitrogens is 1. The largest absolute Gasteiger partial charge is 0.494 e. The second-order valence-electron chi connectivity index (χ2n) is 6.61. The first-order chi connectivity index (χ1) is 13.5. The molecule has 4 nitrogen and oxygen atoms in total. The third-order valence-electron chi connectivity index (χ3n) is 4.75. The molecule has 0 saturated heterocycles. The number of aliphatic imine (C=N–C) groups is 1. The molecule has 0 aromatic carbocycles. The Morgan fingerprint density at radius 1 is 1.00 bits per heavy atom. The van der Waals surface area contributed by atoms with Crippen LogP contribution < -0.4 is 0 Å². The van der Waals surface area contributed by atoms with E-state index in [0.717, 1.165) is 48.7 Å². The van der Waals surface area contributed by atoms with E-state index in [-0.39, 0.29) is 11.8 Å². The lowest BCUT2D eigenvalue weighted by Crippen LogP contribution is -2.03. The van der Waals surface area contributed by atoms with Crippen LogP contribution in [0.15, 0.2) is 36.8 Å². The molecule has 0 bridgehead atoms. The number of carbonyl (C=O) groups excluding carboxylic acids is 1. The van der Waals surface area contributed by atoms with Crippen LogP contribution in [0.3, 0.4) is 0 Å². The summed E-state index contributed by atoms with van der Waals surface area (Å²) in [6, 6.07) is 7.81. The van der Waals surface area contributed by atoms with Crippen molar-refractivity contribution in [2.45, 2.75) is 39.2 Å². The van der Waals surface area contributed by atoms with Gasteiger partial charge in [-0.2, -0.15) is 0 Å². The van der Waals surface area contributed by atoms with Crippen molar-refractivity contribution in [1.29, 1.82) is 0 Å². The molecular formula is C20H18Br2N2O2S2. The zero-order valence-electron chi connectivity index (χ0n) is 15.2. The monoisotopic (exact) mass is 540 g/mol. The predicted molar refractivity (Wildman–Crippen MR) is 123 cm³/mol. The highest BCUT2D eigenvalue weighted by molar-refractivity contribution is 9.11. The number of thiophene rings is 2. The lowest BCUT2D eigenvalue weighted by atomic mass is 10.1. The van der Waals surface area contributed by atoms with Gasteiger partial charge in [-0.05, 0) is 62.5 Å². The third-order valence-corrected chi connectivity index (χ3v) is 8.01. The van der Waals surface area contributed by atoms with E-state index < -0.39 is 0 Å². The zero-order valence-corrected chi connectivity index (χ0v) is 20.0. The molecule has 0 aliphatic carbocycles. The number of hydrogen-bond acceptors (Lipinski definition) is 4. The zero-order chi connectivity index (χ0) is 19.8. The number of halogens is 2. The Balaban J connectivity index is 1.84. The van der Waals surface area contributed by atoms with Crippen molar-refractivity contribution in [3.8, 4) is 16.5 Å². The number of fused-ring (bicyclic) bond motifs is 1. The van der Waals surface area contributed by atoms with Crippen molar-refractivity contribution in [3.05, 3.63) is 47.8 Å². The van der Waals surface area contributed by atoms with Gasteiger partial charge in [-0.1, -0.05) is 26.2 Å². The van der Waals surface area contributed by atoms with Crippen LogP contribution in [-0.2, 0) is 6.54 Å². The summed E-state index contributed by atoms with van der Waals surface area (Å²) >= 11 is 10.0. The number of carbonyl (C=O) groups is 1. The van der Waals surface area contributed by atoms with E-state index in [1.807, 2.05) is 28.8 Å². The van der Waals surface area contributed by atoms with Gasteiger partial charge in [-0.3, -0.25) is 4.79 Å². The predicted octanol–water partition coefficient (Wildman–Crippen LogP) is 7.08. The molecule has 0 radical (unpaired) electrons. The lowest BCUT2D eigenvalue weighted by molar-refractivity contribution is 0.101. The van der Waals surface area contributed by atoms with E-state index in [2.05, 4.69) is 43.8 Å². The van der Waals surface area contributed by atoms with Crippen LogP contribution >= 0.6 is 54.5 Å². The molecule has 8 heteroatoms. The molecule has 28 heavy (non-hydrogen) atoms. The molecule has 1 aliphatic rings. The van der Waals surface area contributed by atoms with E-state index in [0.29, 0.717) is 23.4 Å². The number of unbranched alkanes of at least 4 members (excludes halogenated alkanes) is 3. The van der Waals surface area contributed by atoms with Gasteiger partial charge in [0.1, 0.15) is 0 Å². The minimum absolute atomic E-state index is 0.139. The van der Waals surface area contributed by atoms with Gasteiger partial charge < -0.3 is 9.67 Å². The highest BCUT2D eigenvalue weighted by Gasteiger charge is 2.36. The van der Waals surface area contributed by atoms with E-state index in [1.54, 1.807) is 11.3 Å². The number of rotatable bonds is 7. The van der Waals surface area contributed by atoms with Gasteiger partial charge in [0.25, 0.3) is 5.91 Å². The summed E-state index contributed by atoms with van der Waals surface area (Å²) in [4.78, 5) is 19.0. The van der Waals surface area contributed by atoms with Crippen LogP contribution in [0.4, 0.5) is 0 Å².